The second kappa shape index (κ2) is 7.36. The highest BCUT2D eigenvalue weighted by molar-refractivity contribution is 6.30. The molecule has 1 aromatic heterocycles. The van der Waals surface area contributed by atoms with Crippen molar-refractivity contribution in [2.24, 2.45) is 0 Å². The van der Waals surface area contributed by atoms with Gasteiger partial charge in [-0.1, -0.05) is 54.1 Å². The number of rotatable bonds is 7. The van der Waals surface area contributed by atoms with Gasteiger partial charge in [-0.2, -0.15) is 0 Å². The summed E-state index contributed by atoms with van der Waals surface area (Å²) in [6, 6.07) is 16.4. The van der Waals surface area contributed by atoms with Gasteiger partial charge in [-0.25, -0.2) is 4.98 Å². The van der Waals surface area contributed by atoms with Crippen LogP contribution in [-0.2, 0) is 23.4 Å². The standard InChI is InChI=1S/C18H16ClN3O3/c19-17-8-6-15(7-9-17)12-18(25-22(23)24,13-21-11-10-20-14-21)16-4-2-1-3-5-16/h1-11,14H,12-13H2. The Morgan fingerprint density at radius 3 is 2.48 bits per heavy atom. The van der Waals surface area contributed by atoms with Crippen molar-refractivity contribution in [3.8, 4) is 0 Å². The Labute approximate surface area is 149 Å². The van der Waals surface area contributed by atoms with Gasteiger partial charge in [-0.3, -0.25) is 0 Å². The lowest BCUT2D eigenvalue weighted by Gasteiger charge is -2.32. The Kier molecular flexibility index (Phi) is 5.00. The molecular formula is C18H16ClN3O3. The molecule has 2 aromatic carbocycles. The Morgan fingerprint density at radius 2 is 1.88 bits per heavy atom. The maximum atomic E-state index is 11.3. The molecule has 1 atom stereocenters. The molecule has 3 rings (SSSR count). The zero-order chi connectivity index (χ0) is 17.7. The van der Waals surface area contributed by atoms with Crippen molar-refractivity contribution in [1.29, 1.82) is 0 Å². The van der Waals surface area contributed by atoms with Crippen molar-refractivity contribution in [2.45, 2.75) is 18.6 Å². The molecule has 0 saturated heterocycles. The van der Waals surface area contributed by atoms with Crippen LogP contribution in [0.3, 0.4) is 0 Å². The number of hydrogen-bond acceptors (Lipinski definition) is 4. The van der Waals surface area contributed by atoms with Gasteiger partial charge < -0.3 is 9.40 Å². The topological polar surface area (TPSA) is 70.2 Å². The summed E-state index contributed by atoms with van der Waals surface area (Å²) in [6.45, 7) is 0.251. The van der Waals surface area contributed by atoms with E-state index in [1.165, 1.54) is 0 Å². The van der Waals surface area contributed by atoms with Gasteiger partial charge >= 0.3 is 0 Å². The highest BCUT2D eigenvalue weighted by Crippen LogP contribution is 2.32. The van der Waals surface area contributed by atoms with E-state index < -0.39 is 10.7 Å². The number of benzene rings is 2. The third kappa shape index (κ3) is 4.16. The van der Waals surface area contributed by atoms with Gasteiger partial charge in [0.2, 0.25) is 0 Å². The van der Waals surface area contributed by atoms with Crippen molar-refractivity contribution in [3.05, 3.63) is 99.6 Å². The molecule has 0 aliphatic carbocycles. The van der Waals surface area contributed by atoms with E-state index in [1.807, 2.05) is 42.5 Å². The largest absolute Gasteiger partial charge is 0.335 e. The first-order valence-electron chi connectivity index (χ1n) is 7.67. The Morgan fingerprint density at radius 1 is 1.16 bits per heavy atom. The van der Waals surface area contributed by atoms with E-state index in [9.17, 15) is 10.1 Å². The Hall–Kier alpha value is -2.86. The lowest BCUT2D eigenvalue weighted by molar-refractivity contribution is -0.785. The summed E-state index contributed by atoms with van der Waals surface area (Å²) in [7, 11) is 0. The van der Waals surface area contributed by atoms with Gasteiger partial charge in [0.05, 0.1) is 12.9 Å². The van der Waals surface area contributed by atoms with Gasteiger partial charge in [-0.05, 0) is 23.3 Å². The molecule has 7 heteroatoms. The molecule has 0 amide bonds. The molecule has 6 nitrogen and oxygen atoms in total. The van der Waals surface area contributed by atoms with Crippen LogP contribution in [0.1, 0.15) is 11.1 Å². The number of imidazole rings is 1. The quantitative estimate of drug-likeness (QED) is 0.475. The van der Waals surface area contributed by atoms with Crippen molar-refractivity contribution >= 4 is 11.6 Å². The van der Waals surface area contributed by atoms with E-state index in [-0.39, 0.29) is 6.54 Å². The van der Waals surface area contributed by atoms with Crippen LogP contribution >= 0.6 is 11.6 Å². The average molecular weight is 358 g/mol. The van der Waals surface area contributed by atoms with Crippen molar-refractivity contribution in [3.63, 3.8) is 0 Å². The molecule has 0 saturated carbocycles. The summed E-state index contributed by atoms with van der Waals surface area (Å²) in [4.78, 5) is 20.6. The minimum atomic E-state index is -1.18. The smallest absolute Gasteiger partial charge is 0.295 e. The van der Waals surface area contributed by atoms with Crippen molar-refractivity contribution in [2.75, 3.05) is 0 Å². The molecule has 0 aliphatic rings. The van der Waals surface area contributed by atoms with Crippen LogP contribution in [0.5, 0.6) is 0 Å². The van der Waals surface area contributed by atoms with Crippen molar-refractivity contribution in [1.82, 2.24) is 9.55 Å². The van der Waals surface area contributed by atoms with Crippen LogP contribution in [0.15, 0.2) is 73.3 Å². The maximum absolute atomic E-state index is 11.3. The number of nitrogens with zero attached hydrogens (tertiary/aromatic N) is 3. The van der Waals surface area contributed by atoms with Gasteiger partial charge in [0.15, 0.2) is 5.60 Å². The molecule has 3 aromatic rings. The van der Waals surface area contributed by atoms with E-state index in [1.54, 1.807) is 35.4 Å². The second-order valence-corrected chi connectivity index (χ2v) is 6.15. The molecule has 0 radical (unpaired) electrons. The summed E-state index contributed by atoms with van der Waals surface area (Å²) >= 11 is 5.95. The monoisotopic (exact) mass is 357 g/mol. The highest BCUT2D eigenvalue weighted by atomic mass is 35.5. The van der Waals surface area contributed by atoms with E-state index in [4.69, 9.17) is 16.4 Å². The summed E-state index contributed by atoms with van der Waals surface area (Å²) < 4.78 is 1.77. The number of hydrogen-bond donors (Lipinski definition) is 0. The molecule has 25 heavy (non-hydrogen) atoms. The van der Waals surface area contributed by atoms with E-state index in [0.29, 0.717) is 11.4 Å². The third-order valence-electron chi connectivity index (χ3n) is 3.95. The minimum Gasteiger partial charge on any atom is -0.335 e. The third-order valence-corrected chi connectivity index (χ3v) is 4.20. The first kappa shape index (κ1) is 17.0. The van der Waals surface area contributed by atoms with Gasteiger partial charge in [-0.15, -0.1) is 10.1 Å². The zero-order valence-corrected chi connectivity index (χ0v) is 14.0. The fourth-order valence-corrected chi connectivity index (χ4v) is 2.98. The molecule has 0 fully saturated rings. The zero-order valence-electron chi connectivity index (χ0n) is 13.3. The lowest BCUT2D eigenvalue weighted by Crippen LogP contribution is -2.39. The predicted molar refractivity (Wildman–Crippen MR) is 93.6 cm³/mol. The molecule has 0 aliphatic heterocycles. The van der Waals surface area contributed by atoms with E-state index in [2.05, 4.69) is 4.98 Å². The normalized spacial score (nSPS) is 13.2. The molecule has 0 N–H and O–H groups in total. The van der Waals surface area contributed by atoms with Crippen LogP contribution in [-0.4, -0.2) is 14.6 Å². The van der Waals surface area contributed by atoms with Crippen LogP contribution in [0.2, 0.25) is 5.02 Å². The number of halogens is 1. The first-order valence-corrected chi connectivity index (χ1v) is 8.04. The summed E-state index contributed by atoms with van der Waals surface area (Å²) in [5.41, 5.74) is 0.421. The molecule has 1 unspecified atom stereocenters. The molecule has 128 valence electrons. The fraction of sp³-hybridized carbons (Fsp3) is 0.167. The second-order valence-electron chi connectivity index (χ2n) is 5.71. The number of aromatic nitrogens is 2. The van der Waals surface area contributed by atoms with Gasteiger partial charge in [0, 0.05) is 23.8 Å². The van der Waals surface area contributed by atoms with Gasteiger partial charge in [0.25, 0.3) is 5.09 Å². The van der Waals surface area contributed by atoms with Crippen LogP contribution in [0.25, 0.3) is 0 Å². The van der Waals surface area contributed by atoms with E-state index >= 15 is 0 Å². The van der Waals surface area contributed by atoms with Gasteiger partial charge in [0.1, 0.15) is 0 Å². The SMILES string of the molecule is O=[N+]([O-])OC(Cc1ccc(Cl)cc1)(Cn1ccnc1)c1ccccc1. The molecule has 0 bridgehead atoms. The van der Waals surface area contributed by atoms with E-state index in [0.717, 1.165) is 11.1 Å². The maximum Gasteiger partial charge on any atom is 0.295 e. The van der Waals surface area contributed by atoms with Crippen LogP contribution < -0.4 is 0 Å². The first-order chi connectivity index (χ1) is 12.1. The Balaban J connectivity index is 2.05. The van der Waals surface area contributed by atoms with Crippen LogP contribution in [0.4, 0.5) is 0 Å². The highest BCUT2D eigenvalue weighted by Gasteiger charge is 2.37. The lowest BCUT2D eigenvalue weighted by atomic mass is 9.87. The predicted octanol–water partition coefficient (Wildman–Crippen LogP) is 3.88. The molecule has 1 heterocycles. The summed E-state index contributed by atoms with van der Waals surface area (Å²) in [6.07, 6.45) is 5.31. The summed E-state index contributed by atoms with van der Waals surface area (Å²) in [5, 5.41) is 11.2. The molecular weight excluding hydrogens is 342 g/mol. The van der Waals surface area contributed by atoms with Crippen molar-refractivity contribution < 1.29 is 9.92 Å². The summed E-state index contributed by atoms with van der Waals surface area (Å²) in [5.74, 6) is 0. The average Bonchev–Trinajstić information content (AvgIpc) is 3.10. The Bertz CT molecular complexity index is 823. The fourth-order valence-electron chi connectivity index (χ4n) is 2.85. The molecule has 0 spiro atoms. The van der Waals surface area contributed by atoms with Crippen LogP contribution in [0, 0.1) is 10.1 Å². The minimum absolute atomic E-state index is 0.251.